The molecule has 35 N–H and O–H groups in total. The highest BCUT2D eigenvalue weighted by Gasteiger charge is 2.44. The molecule has 0 saturated carbocycles. The van der Waals surface area contributed by atoms with E-state index in [-0.39, 0.29) is 69.1 Å². The summed E-state index contributed by atoms with van der Waals surface area (Å²) in [5, 5.41) is 71.0. The Labute approximate surface area is 482 Å². The molecule has 0 aliphatic carbocycles. The van der Waals surface area contributed by atoms with E-state index in [1.165, 1.54) is 17.2 Å². The first-order valence-electron chi connectivity index (χ1n) is 27.3. The molecule has 2 aromatic heterocycles. The Kier molecular flexibility index (Phi) is 57.3. The molecule has 1 saturated heterocycles. The number of imidazole rings is 1. The number of phosphoric acid groups is 3. The van der Waals surface area contributed by atoms with Gasteiger partial charge in [-0.05, 0) is 161 Å². The van der Waals surface area contributed by atoms with Crippen LogP contribution in [0.1, 0.15) is 135 Å². The van der Waals surface area contributed by atoms with E-state index in [1.54, 1.807) is 0 Å². The van der Waals surface area contributed by atoms with Crippen LogP contribution in [0.5, 0.6) is 0 Å². The zero-order valence-corrected chi connectivity index (χ0v) is 50.2. The number of nitrogen functional groups attached to an aromatic ring is 1. The summed E-state index contributed by atoms with van der Waals surface area (Å²) in [4.78, 5) is 52.1. The number of anilines is 1. The van der Waals surface area contributed by atoms with Crippen molar-refractivity contribution in [1.29, 1.82) is 0 Å². The van der Waals surface area contributed by atoms with Crippen molar-refractivity contribution in [3.8, 4) is 0 Å². The van der Waals surface area contributed by atoms with Crippen molar-refractivity contribution in [3.63, 3.8) is 0 Å². The first-order chi connectivity index (χ1) is 38.6. The fraction of sp³-hybridized carbons (Fsp3) is 0.889. The number of rotatable bonds is 36. The molecule has 1 fully saturated rings. The van der Waals surface area contributed by atoms with Crippen LogP contribution in [0.2, 0.25) is 0 Å². The average Bonchev–Trinajstić information content (AvgIpc) is 3.99. The van der Waals surface area contributed by atoms with Crippen LogP contribution in [0.3, 0.4) is 0 Å². The largest absolute Gasteiger partial charge is 0.490 e. The Hall–Kier alpha value is -2.00. The summed E-state index contributed by atoms with van der Waals surface area (Å²) in [7, 11) is -16.2. The Bertz CT molecular complexity index is 1720. The summed E-state index contributed by atoms with van der Waals surface area (Å²) in [6, 6.07) is 1.16. The van der Waals surface area contributed by atoms with Gasteiger partial charge in [0.15, 0.2) is 17.7 Å². The van der Waals surface area contributed by atoms with Crippen LogP contribution < -0.4 is 63.1 Å². The van der Waals surface area contributed by atoms with Gasteiger partial charge in [-0.3, -0.25) is 4.57 Å². The number of nitrogens with two attached hydrogens (primary N) is 11. The molecule has 5 unspecified atom stereocenters. The zero-order chi connectivity index (χ0) is 63.6. The predicted molar refractivity (Wildman–Crippen MR) is 312 cm³/mol. The molecule has 2 aromatic rings. The molecule has 492 valence electrons. The van der Waals surface area contributed by atoms with Crippen molar-refractivity contribution in [3.05, 3.63) is 12.7 Å². The van der Waals surface area contributed by atoms with Gasteiger partial charge >= 0.3 is 23.5 Å². The number of aliphatic hydroxyl groups excluding tert-OH is 8. The van der Waals surface area contributed by atoms with Crippen LogP contribution >= 0.6 is 23.5 Å². The molecular formula is C45H108N15O19P3. The molecule has 1 aliphatic heterocycles. The van der Waals surface area contributed by atoms with E-state index in [4.69, 9.17) is 123 Å². The minimum absolute atomic E-state index is 0.218. The molecule has 9 atom stereocenters. The number of hydrogen-bond acceptors (Lipinski definition) is 28. The van der Waals surface area contributed by atoms with Gasteiger partial charge in [-0.2, -0.15) is 8.62 Å². The first-order valence-corrected chi connectivity index (χ1v) is 31.9. The molecule has 0 radical (unpaired) electrons. The number of hydrogen-bond donors (Lipinski definition) is 24. The summed E-state index contributed by atoms with van der Waals surface area (Å²) in [5.74, 6) is 0.218. The number of aliphatic hydroxyl groups is 8. The maximum atomic E-state index is 10.4. The van der Waals surface area contributed by atoms with Gasteiger partial charge in [0.1, 0.15) is 30.2 Å². The second-order valence-corrected chi connectivity index (χ2v) is 22.9. The Morgan fingerprint density at radius 2 is 0.780 bits per heavy atom. The molecule has 0 bridgehead atoms. The molecule has 82 heavy (non-hydrogen) atoms. The molecule has 3 rings (SSSR count). The standard InChI is InChI=1S/C10H13N5O4.5C7H18N2O.H5O10P3/c11-8-5-9(13-2-12-8)15(3-14-5)10-7(18)6(17)4(1-16)19-10;5*8-5-1-3-7(9)4-2-6-10;1-11(2,3)9-13(7,8)10-12(4,5)6/h2-4,6-7,10,16-18H,1H2,(H2,11,12,13);5*7,10H,1-6,8-9H2;(H,7,8)(H2,1,2,3)(H2,4,5,6)/t4-,6-,7-,10-;;;;;;/m1....../s1. The molecular weight excluding hydrogens is 1150 g/mol. The molecule has 1 aliphatic rings. The lowest BCUT2D eigenvalue weighted by Gasteiger charge is -2.16. The Balaban J connectivity index is -0.000000442. The number of nitrogens with zero attached hydrogens (tertiary/aromatic N) is 4. The summed E-state index contributed by atoms with van der Waals surface area (Å²) in [6.07, 6.45) is 17.1. The van der Waals surface area contributed by atoms with E-state index < -0.39 is 54.6 Å². The van der Waals surface area contributed by atoms with E-state index >= 15 is 0 Å². The van der Waals surface area contributed by atoms with Crippen LogP contribution in [0, 0.1) is 0 Å². The van der Waals surface area contributed by atoms with Gasteiger partial charge in [0.05, 0.1) is 12.9 Å². The van der Waals surface area contributed by atoms with Crippen molar-refractivity contribution in [2.75, 3.05) is 78.1 Å². The zero-order valence-electron chi connectivity index (χ0n) is 47.5. The smallest absolute Gasteiger partial charge is 0.396 e. The van der Waals surface area contributed by atoms with Crippen molar-refractivity contribution in [2.45, 2.75) is 183 Å². The third-order valence-electron chi connectivity index (χ3n) is 11.2. The van der Waals surface area contributed by atoms with Gasteiger partial charge in [0.25, 0.3) is 0 Å². The van der Waals surface area contributed by atoms with E-state index in [1.807, 2.05) is 0 Å². The van der Waals surface area contributed by atoms with Gasteiger partial charge in [0, 0.05) is 63.2 Å². The minimum Gasteiger partial charge on any atom is -0.396 e. The Morgan fingerprint density at radius 3 is 1.02 bits per heavy atom. The normalized spacial score (nSPS) is 17.7. The number of fused-ring (bicyclic) bond motifs is 1. The van der Waals surface area contributed by atoms with E-state index in [9.17, 15) is 23.9 Å². The SMILES string of the molecule is NCCCC(N)CCCO.NCCCC(N)CCCO.NCCCC(N)CCCO.NCCCC(N)CCCO.NCCCC(N)CCCO.Nc1ncnc2c1ncn2[C@@H]1O[C@H](CO)[C@@H](O)[C@H]1O.O=P(O)(O)OP(=O)(O)OP(=O)(O)O. The van der Waals surface area contributed by atoms with Gasteiger partial charge < -0.3 is 133 Å². The van der Waals surface area contributed by atoms with Crippen molar-refractivity contribution in [1.82, 2.24) is 19.5 Å². The predicted octanol–water partition coefficient (Wildman–Crippen LogP) is -3.55. The number of aromatic nitrogens is 4. The second kappa shape index (κ2) is 54.4. The van der Waals surface area contributed by atoms with Gasteiger partial charge in [0.2, 0.25) is 0 Å². The first kappa shape index (κ1) is 86.4. The van der Waals surface area contributed by atoms with Gasteiger partial charge in [-0.15, -0.1) is 0 Å². The van der Waals surface area contributed by atoms with Crippen molar-refractivity contribution >= 4 is 40.4 Å². The van der Waals surface area contributed by atoms with Gasteiger partial charge in [-0.25, -0.2) is 28.6 Å². The molecule has 0 spiro atoms. The molecule has 0 aromatic carbocycles. The highest BCUT2D eigenvalue weighted by atomic mass is 31.3. The highest BCUT2D eigenvalue weighted by molar-refractivity contribution is 7.66. The van der Waals surface area contributed by atoms with Crippen LogP contribution in [-0.2, 0) is 27.1 Å². The Morgan fingerprint density at radius 1 is 0.488 bits per heavy atom. The fourth-order valence-corrected chi connectivity index (χ4v) is 9.38. The quantitative estimate of drug-likeness (QED) is 0.0294. The molecule has 0 amide bonds. The maximum Gasteiger partial charge on any atom is 0.490 e. The summed E-state index contributed by atoms with van der Waals surface area (Å²) < 4.78 is 43.2. The van der Waals surface area contributed by atoms with Crippen LogP contribution in [-0.4, -0.2) is 206 Å². The maximum absolute atomic E-state index is 10.4. The van der Waals surface area contributed by atoms with Crippen molar-refractivity contribution < 1.29 is 92.4 Å². The topological polar surface area (TPSA) is 672 Å². The molecule has 37 heteroatoms. The summed E-state index contributed by atoms with van der Waals surface area (Å²) in [5.41, 5.74) is 61.3. The monoisotopic (exact) mass is 1260 g/mol. The van der Waals surface area contributed by atoms with E-state index in [0.29, 0.717) is 43.9 Å². The second-order valence-electron chi connectivity index (χ2n) is 18.7. The van der Waals surface area contributed by atoms with Gasteiger partial charge in [-0.1, -0.05) is 0 Å². The van der Waals surface area contributed by atoms with Crippen LogP contribution in [0.15, 0.2) is 12.7 Å². The lowest BCUT2D eigenvalue weighted by atomic mass is 10.1. The number of ether oxygens (including phenoxy) is 1. The van der Waals surface area contributed by atoms with Crippen LogP contribution in [0.4, 0.5) is 5.82 Å². The lowest BCUT2D eigenvalue weighted by Crippen LogP contribution is -2.33. The third-order valence-corrected chi connectivity index (χ3v) is 14.5. The third kappa shape index (κ3) is 51.2. The van der Waals surface area contributed by atoms with Crippen molar-refractivity contribution in [2.24, 2.45) is 57.3 Å². The summed E-state index contributed by atoms with van der Waals surface area (Å²) >= 11 is 0. The van der Waals surface area contributed by atoms with E-state index in [0.717, 1.165) is 128 Å². The average molecular weight is 1260 g/mol. The van der Waals surface area contributed by atoms with E-state index in [2.05, 4.69) is 23.6 Å². The molecule has 34 nitrogen and oxygen atoms in total. The summed E-state index contributed by atoms with van der Waals surface area (Å²) in [6.45, 7) is 4.42. The molecule has 3 heterocycles. The fourth-order valence-electron chi connectivity index (χ4n) is 6.84. The highest BCUT2D eigenvalue weighted by Crippen LogP contribution is 2.64. The van der Waals surface area contributed by atoms with Crippen LogP contribution in [0.25, 0.3) is 11.2 Å². The minimum atomic E-state index is -5.46. The lowest BCUT2D eigenvalue weighted by molar-refractivity contribution is -0.0511.